The Morgan fingerprint density at radius 3 is 1.80 bits per heavy atom. The number of phenols is 2. The lowest BCUT2D eigenvalue weighted by Crippen LogP contribution is -2.34. The maximum Gasteiger partial charge on any atom is 0.121 e. The molecule has 3 rings (SSSR count). The minimum absolute atomic E-state index is 0.0529. The van der Waals surface area contributed by atoms with Crippen molar-refractivity contribution in [2.45, 2.75) is 71.6 Å². The van der Waals surface area contributed by atoms with Gasteiger partial charge >= 0.3 is 0 Å². The van der Waals surface area contributed by atoms with Gasteiger partial charge in [-0.05, 0) is 85.3 Å². The van der Waals surface area contributed by atoms with E-state index in [1.54, 1.807) is 0 Å². The van der Waals surface area contributed by atoms with Crippen LogP contribution in [0.5, 0.6) is 11.5 Å². The molecule has 134 valence electrons. The molecule has 0 spiro atoms. The molecule has 0 aliphatic heterocycles. The molecule has 0 bridgehead atoms. The van der Waals surface area contributed by atoms with Gasteiger partial charge in [-0.25, -0.2) is 0 Å². The molecule has 0 aromatic heterocycles. The third-order valence-electron chi connectivity index (χ3n) is 6.27. The molecule has 2 N–H and O–H groups in total. The van der Waals surface area contributed by atoms with Gasteiger partial charge < -0.3 is 10.2 Å². The fourth-order valence-electron chi connectivity index (χ4n) is 4.69. The minimum atomic E-state index is 0.0529. The molecule has 2 unspecified atom stereocenters. The summed E-state index contributed by atoms with van der Waals surface area (Å²) in [5.41, 5.74) is 6.54. The van der Waals surface area contributed by atoms with Gasteiger partial charge in [-0.2, -0.15) is 0 Å². The largest absolute Gasteiger partial charge is 0.507 e. The number of rotatable bonds is 2. The van der Waals surface area contributed by atoms with E-state index >= 15 is 0 Å². The van der Waals surface area contributed by atoms with Crippen LogP contribution in [0.2, 0.25) is 0 Å². The van der Waals surface area contributed by atoms with Crippen LogP contribution in [0.4, 0.5) is 0 Å². The molecule has 2 nitrogen and oxygen atoms in total. The standard InChI is InChI=1S/C23H30O2/c1-14-10-18(11-15(2)21(14)24)20-8-6-7-9-23(20,5)19-12-16(3)22(25)17(4)13-19/h10-13,20,24-25H,6-9H2,1-5H3. The van der Waals surface area contributed by atoms with Gasteiger partial charge in [0.1, 0.15) is 11.5 Å². The highest BCUT2D eigenvalue weighted by molar-refractivity contribution is 5.48. The third kappa shape index (κ3) is 3.03. The summed E-state index contributed by atoms with van der Waals surface area (Å²) in [5.74, 6) is 1.26. The maximum atomic E-state index is 10.2. The van der Waals surface area contributed by atoms with Crippen molar-refractivity contribution in [2.75, 3.05) is 0 Å². The van der Waals surface area contributed by atoms with Crippen LogP contribution in [0.3, 0.4) is 0 Å². The van der Waals surface area contributed by atoms with Gasteiger partial charge in [-0.1, -0.05) is 44.0 Å². The first-order valence-corrected chi connectivity index (χ1v) is 9.35. The Bertz CT molecular complexity index is 760. The molecule has 1 saturated carbocycles. The number of phenolic OH excluding ortho intramolecular Hbond substituents is 2. The number of hydrogen-bond acceptors (Lipinski definition) is 2. The zero-order chi connectivity index (χ0) is 18.4. The van der Waals surface area contributed by atoms with Crippen LogP contribution in [0.15, 0.2) is 24.3 Å². The molecular formula is C23H30O2. The molecule has 1 aliphatic carbocycles. The summed E-state index contributed by atoms with van der Waals surface area (Å²) in [4.78, 5) is 0. The van der Waals surface area contributed by atoms with Crippen molar-refractivity contribution >= 4 is 0 Å². The summed E-state index contributed by atoms with van der Waals surface area (Å²) in [6.45, 7) is 10.3. The number of aromatic hydroxyl groups is 2. The van der Waals surface area contributed by atoms with E-state index in [9.17, 15) is 10.2 Å². The molecule has 0 radical (unpaired) electrons. The normalized spacial score (nSPS) is 23.6. The second-order valence-electron chi connectivity index (χ2n) is 8.18. The van der Waals surface area contributed by atoms with Crippen molar-refractivity contribution in [1.82, 2.24) is 0 Å². The molecule has 0 amide bonds. The summed E-state index contributed by atoms with van der Waals surface area (Å²) >= 11 is 0. The van der Waals surface area contributed by atoms with E-state index in [4.69, 9.17) is 0 Å². The molecule has 2 aromatic rings. The van der Waals surface area contributed by atoms with Crippen molar-refractivity contribution in [3.05, 3.63) is 57.6 Å². The van der Waals surface area contributed by atoms with Crippen LogP contribution < -0.4 is 0 Å². The first kappa shape index (κ1) is 17.8. The zero-order valence-electron chi connectivity index (χ0n) is 16.1. The van der Waals surface area contributed by atoms with Crippen molar-refractivity contribution in [2.24, 2.45) is 0 Å². The fraction of sp³-hybridized carbons (Fsp3) is 0.478. The van der Waals surface area contributed by atoms with E-state index in [1.165, 1.54) is 30.4 Å². The van der Waals surface area contributed by atoms with E-state index < -0.39 is 0 Å². The van der Waals surface area contributed by atoms with Gasteiger partial charge in [0.15, 0.2) is 0 Å². The summed E-state index contributed by atoms with van der Waals surface area (Å²) in [7, 11) is 0. The van der Waals surface area contributed by atoms with Gasteiger partial charge in [0, 0.05) is 0 Å². The van der Waals surface area contributed by atoms with Crippen LogP contribution in [0.1, 0.15) is 71.9 Å². The lowest BCUT2D eigenvalue weighted by Gasteiger charge is -2.43. The first-order valence-electron chi connectivity index (χ1n) is 9.35. The van der Waals surface area contributed by atoms with Crippen molar-refractivity contribution < 1.29 is 10.2 Å². The first-order chi connectivity index (χ1) is 11.7. The molecule has 1 fully saturated rings. The summed E-state index contributed by atoms with van der Waals surface area (Å²) in [5, 5.41) is 20.3. The lowest BCUT2D eigenvalue weighted by atomic mass is 9.61. The van der Waals surface area contributed by atoms with Crippen molar-refractivity contribution in [3.8, 4) is 11.5 Å². The minimum Gasteiger partial charge on any atom is -0.507 e. The Balaban J connectivity index is 2.12. The van der Waals surface area contributed by atoms with Crippen LogP contribution in [0, 0.1) is 27.7 Å². The molecule has 2 heteroatoms. The Labute approximate surface area is 151 Å². The Kier molecular flexibility index (Phi) is 4.57. The Morgan fingerprint density at radius 1 is 0.800 bits per heavy atom. The average Bonchev–Trinajstić information content (AvgIpc) is 2.57. The van der Waals surface area contributed by atoms with Crippen LogP contribution in [0.25, 0.3) is 0 Å². The molecule has 25 heavy (non-hydrogen) atoms. The average molecular weight is 338 g/mol. The lowest BCUT2D eigenvalue weighted by molar-refractivity contribution is 0.269. The molecule has 2 atom stereocenters. The molecular weight excluding hydrogens is 308 g/mol. The van der Waals surface area contributed by atoms with Gasteiger partial charge in [0.25, 0.3) is 0 Å². The monoisotopic (exact) mass is 338 g/mol. The second kappa shape index (κ2) is 6.40. The number of hydrogen-bond donors (Lipinski definition) is 2. The SMILES string of the molecule is Cc1cc(C2CCCCC2(C)c2cc(C)c(O)c(C)c2)cc(C)c1O. The Hall–Kier alpha value is -1.96. The topological polar surface area (TPSA) is 40.5 Å². The van der Waals surface area contributed by atoms with Crippen molar-refractivity contribution in [3.63, 3.8) is 0 Å². The Morgan fingerprint density at radius 2 is 1.28 bits per heavy atom. The summed E-state index contributed by atoms with van der Waals surface area (Å²) < 4.78 is 0. The fourth-order valence-corrected chi connectivity index (χ4v) is 4.69. The van der Waals surface area contributed by atoms with E-state index in [1.807, 2.05) is 27.7 Å². The van der Waals surface area contributed by atoms with E-state index in [0.717, 1.165) is 28.7 Å². The third-order valence-corrected chi connectivity index (χ3v) is 6.27. The highest BCUT2D eigenvalue weighted by Crippen LogP contribution is 2.50. The summed E-state index contributed by atoms with van der Waals surface area (Å²) in [6, 6.07) is 8.66. The smallest absolute Gasteiger partial charge is 0.121 e. The number of benzene rings is 2. The molecule has 0 heterocycles. The highest BCUT2D eigenvalue weighted by atomic mass is 16.3. The van der Waals surface area contributed by atoms with E-state index in [-0.39, 0.29) is 5.41 Å². The van der Waals surface area contributed by atoms with Crippen molar-refractivity contribution in [1.29, 1.82) is 0 Å². The predicted molar refractivity (Wildman–Crippen MR) is 104 cm³/mol. The highest BCUT2D eigenvalue weighted by Gasteiger charge is 2.39. The maximum absolute atomic E-state index is 10.2. The van der Waals surface area contributed by atoms with Gasteiger partial charge in [-0.15, -0.1) is 0 Å². The molecule has 2 aromatic carbocycles. The predicted octanol–water partition coefficient (Wildman–Crippen LogP) is 5.95. The van der Waals surface area contributed by atoms with E-state index in [2.05, 4.69) is 31.2 Å². The number of aryl methyl sites for hydroxylation is 4. The van der Waals surface area contributed by atoms with E-state index in [0.29, 0.717) is 17.4 Å². The van der Waals surface area contributed by atoms with Gasteiger partial charge in [0.05, 0.1) is 0 Å². The van der Waals surface area contributed by atoms with Gasteiger partial charge in [0.2, 0.25) is 0 Å². The molecule has 1 aliphatic rings. The van der Waals surface area contributed by atoms with Crippen LogP contribution in [-0.4, -0.2) is 10.2 Å². The quantitative estimate of drug-likeness (QED) is 0.710. The van der Waals surface area contributed by atoms with Crippen LogP contribution in [-0.2, 0) is 5.41 Å². The van der Waals surface area contributed by atoms with Gasteiger partial charge in [-0.3, -0.25) is 0 Å². The summed E-state index contributed by atoms with van der Waals surface area (Å²) in [6.07, 6.45) is 4.80. The second-order valence-corrected chi connectivity index (χ2v) is 8.18. The molecule has 0 saturated heterocycles. The van der Waals surface area contributed by atoms with Crippen LogP contribution >= 0.6 is 0 Å². The zero-order valence-corrected chi connectivity index (χ0v) is 16.1.